The van der Waals surface area contributed by atoms with E-state index in [9.17, 15) is 9.90 Å². The summed E-state index contributed by atoms with van der Waals surface area (Å²) in [6, 6.07) is 5.21. The zero-order valence-electron chi connectivity index (χ0n) is 14.7. The number of pyridine rings is 1. The van der Waals surface area contributed by atoms with E-state index in [1.807, 2.05) is 0 Å². The molecule has 0 bridgehead atoms. The summed E-state index contributed by atoms with van der Waals surface area (Å²) in [5.41, 5.74) is 4.89. The molecule has 0 radical (unpaired) electrons. The summed E-state index contributed by atoms with van der Waals surface area (Å²) in [5.74, 6) is 0.120. The largest absolute Gasteiger partial charge is 0.480 e. The van der Waals surface area contributed by atoms with Crippen molar-refractivity contribution in [3.63, 3.8) is 0 Å². The first kappa shape index (κ1) is 22.8. The molecule has 24 heavy (non-hydrogen) atoms. The SMILES string of the molecule is CC(C)CCCC(C)CCC(C(=O)O)(C(N)=S)c1ccccn1.Cl. The number of carbonyl (C=O) groups is 1. The van der Waals surface area contributed by atoms with Gasteiger partial charge in [0.15, 0.2) is 5.41 Å². The summed E-state index contributed by atoms with van der Waals surface area (Å²) in [5, 5.41) is 9.80. The Kier molecular flexibility index (Phi) is 10.1. The highest BCUT2D eigenvalue weighted by Crippen LogP contribution is 2.32. The number of aromatic nitrogens is 1. The highest BCUT2D eigenvalue weighted by atomic mass is 35.5. The first-order valence-electron chi connectivity index (χ1n) is 8.25. The van der Waals surface area contributed by atoms with Crippen molar-refractivity contribution in [2.75, 3.05) is 0 Å². The summed E-state index contributed by atoms with van der Waals surface area (Å²) in [7, 11) is 0. The van der Waals surface area contributed by atoms with Crippen LogP contribution in [0.15, 0.2) is 24.4 Å². The highest BCUT2D eigenvalue weighted by molar-refractivity contribution is 7.80. The molecular formula is C18H29ClN2O2S. The average molecular weight is 373 g/mol. The van der Waals surface area contributed by atoms with Crippen molar-refractivity contribution in [1.29, 1.82) is 0 Å². The van der Waals surface area contributed by atoms with Gasteiger partial charge in [-0.2, -0.15) is 0 Å². The number of nitrogens with two attached hydrogens (primary N) is 1. The van der Waals surface area contributed by atoms with Crippen molar-refractivity contribution < 1.29 is 9.90 Å². The smallest absolute Gasteiger partial charge is 0.322 e. The van der Waals surface area contributed by atoms with E-state index < -0.39 is 11.4 Å². The van der Waals surface area contributed by atoms with Crippen molar-refractivity contribution in [3.05, 3.63) is 30.1 Å². The van der Waals surface area contributed by atoms with Gasteiger partial charge in [-0.3, -0.25) is 9.78 Å². The number of aliphatic carboxylic acids is 1. The Bertz CT molecular complexity index is 509. The van der Waals surface area contributed by atoms with E-state index in [2.05, 4.69) is 25.8 Å². The summed E-state index contributed by atoms with van der Waals surface area (Å²) in [6.45, 7) is 6.59. The van der Waals surface area contributed by atoms with Gasteiger partial charge < -0.3 is 10.8 Å². The molecule has 0 aliphatic carbocycles. The van der Waals surface area contributed by atoms with Crippen molar-refractivity contribution in [2.24, 2.45) is 17.6 Å². The lowest BCUT2D eigenvalue weighted by atomic mass is 9.77. The molecule has 1 aromatic heterocycles. The predicted octanol–water partition coefficient (Wildman–Crippen LogP) is 4.35. The molecule has 2 atom stereocenters. The summed E-state index contributed by atoms with van der Waals surface area (Å²) in [6.07, 6.45) is 6.18. The standard InChI is InChI=1S/C18H28N2O2S.ClH/c1-13(2)7-6-8-14(3)10-11-18(16(19)23,17(21)22)15-9-4-5-12-20-15;/h4-5,9,12-14H,6-8,10-11H2,1-3H3,(H2,19,23)(H,21,22);1H. The molecule has 1 rings (SSSR count). The van der Waals surface area contributed by atoms with Crippen LogP contribution in [-0.4, -0.2) is 21.0 Å². The van der Waals surface area contributed by atoms with Gasteiger partial charge in [0.1, 0.15) is 0 Å². The number of carboxylic acids is 1. The van der Waals surface area contributed by atoms with E-state index in [4.69, 9.17) is 18.0 Å². The molecule has 4 nitrogen and oxygen atoms in total. The molecule has 0 amide bonds. The lowest BCUT2D eigenvalue weighted by Crippen LogP contribution is -2.47. The predicted molar refractivity (Wildman–Crippen MR) is 105 cm³/mol. The molecule has 136 valence electrons. The lowest BCUT2D eigenvalue weighted by molar-refractivity contribution is -0.141. The molecule has 0 spiro atoms. The first-order valence-corrected chi connectivity index (χ1v) is 8.66. The zero-order chi connectivity index (χ0) is 17.5. The van der Waals surface area contributed by atoms with Crippen molar-refractivity contribution in [1.82, 2.24) is 4.98 Å². The Labute approximate surface area is 156 Å². The molecule has 6 heteroatoms. The minimum atomic E-state index is -1.37. The molecule has 2 unspecified atom stereocenters. The molecule has 3 N–H and O–H groups in total. The molecule has 0 aliphatic heterocycles. The van der Waals surface area contributed by atoms with Crippen LogP contribution in [0, 0.1) is 11.8 Å². The molecule has 0 saturated heterocycles. The molecule has 0 fully saturated rings. The quantitative estimate of drug-likeness (QED) is 0.597. The van der Waals surface area contributed by atoms with Gasteiger partial charge in [0.25, 0.3) is 0 Å². The Balaban J connectivity index is 0.00000529. The second-order valence-electron chi connectivity index (χ2n) is 6.76. The minimum Gasteiger partial charge on any atom is -0.480 e. The second kappa shape index (κ2) is 10.6. The summed E-state index contributed by atoms with van der Waals surface area (Å²) < 4.78 is 0. The van der Waals surface area contributed by atoms with Crippen molar-refractivity contribution in [2.45, 2.75) is 58.3 Å². The number of halogens is 1. The maximum Gasteiger partial charge on any atom is 0.322 e. The zero-order valence-corrected chi connectivity index (χ0v) is 16.3. The van der Waals surface area contributed by atoms with Crippen LogP contribution in [0.2, 0.25) is 0 Å². The Morgan fingerprint density at radius 2 is 1.96 bits per heavy atom. The molecule has 0 saturated carbocycles. The Hall–Kier alpha value is -1.20. The maximum absolute atomic E-state index is 12.0. The van der Waals surface area contributed by atoms with E-state index in [1.165, 1.54) is 6.42 Å². The van der Waals surface area contributed by atoms with Crippen molar-refractivity contribution >= 4 is 35.6 Å². The van der Waals surface area contributed by atoms with E-state index in [0.717, 1.165) is 19.3 Å². The molecule has 1 aromatic rings. The number of hydrogen-bond donors (Lipinski definition) is 2. The van der Waals surface area contributed by atoms with E-state index in [1.54, 1.807) is 24.4 Å². The second-order valence-corrected chi connectivity index (χ2v) is 7.20. The van der Waals surface area contributed by atoms with Crippen LogP contribution in [-0.2, 0) is 10.2 Å². The molecule has 0 aromatic carbocycles. The van der Waals surface area contributed by atoms with Gasteiger partial charge in [0, 0.05) is 6.20 Å². The van der Waals surface area contributed by atoms with E-state index >= 15 is 0 Å². The Morgan fingerprint density at radius 1 is 1.29 bits per heavy atom. The fourth-order valence-electron chi connectivity index (χ4n) is 2.80. The Morgan fingerprint density at radius 3 is 2.42 bits per heavy atom. The average Bonchev–Trinajstić information content (AvgIpc) is 2.48. The van der Waals surface area contributed by atoms with Gasteiger partial charge in [-0.25, -0.2) is 0 Å². The summed E-state index contributed by atoms with van der Waals surface area (Å²) >= 11 is 5.12. The van der Waals surface area contributed by atoms with Gasteiger partial charge in [-0.1, -0.05) is 58.3 Å². The number of nitrogens with zero attached hydrogens (tertiary/aromatic N) is 1. The van der Waals surface area contributed by atoms with Crippen LogP contribution in [0.25, 0.3) is 0 Å². The topological polar surface area (TPSA) is 76.2 Å². The monoisotopic (exact) mass is 372 g/mol. The summed E-state index contributed by atoms with van der Waals surface area (Å²) in [4.78, 5) is 16.2. The normalized spacial score (nSPS) is 14.5. The third-order valence-electron chi connectivity index (χ3n) is 4.38. The van der Waals surface area contributed by atoms with Crippen molar-refractivity contribution in [3.8, 4) is 0 Å². The van der Waals surface area contributed by atoms with E-state index in [0.29, 0.717) is 24.0 Å². The first-order chi connectivity index (χ1) is 10.8. The van der Waals surface area contributed by atoms with Gasteiger partial charge in [-0.15, -0.1) is 12.4 Å². The number of carboxylic acid groups (broad SMARTS) is 1. The fraction of sp³-hybridized carbons (Fsp3) is 0.611. The highest BCUT2D eigenvalue weighted by Gasteiger charge is 2.44. The van der Waals surface area contributed by atoms with Gasteiger partial charge in [-0.05, 0) is 36.8 Å². The number of hydrogen-bond acceptors (Lipinski definition) is 3. The van der Waals surface area contributed by atoms with Crippen LogP contribution in [0.1, 0.15) is 58.6 Å². The van der Waals surface area contributed by atoms with Crippen LogP contribution < -0.4 is 5.73 Å². The number of rotatable bonds is 10. The molecule has 1 heterocycles. The van der Waals surface area contributed by atoms with Crippen LogP contribution >= 0.6 is 24.6 Å². The lowest BCUT2D eigenvalue weighted by Gasteiger charge is -2.29. The fourth-order valence-corrected chi connectivity index (χ4v) is 3.09. The van der Waals surface area contributed by atoms with Crippen LogP contribution in [0.5, 0.6) is 0 Å². The minimum absolute atomic E-state index is 0. The van der Waals surface area contributed by atoms with Gasteiger partial charge in [0.05, 0.1) is 10.7 Å². The van der Waals surface area contributed by atoms with E-state index in [-0.39, 0.29) is 17.4 Å². The molecular weight excluding hydrogens is 344 g/mol. The molecule has 0 aliphatic rings. The maximum atomic E-state index is 12.0. The third kappa shape index (κ3) is 6.02. The van der Waals surface area contributed by atoms with Gasteiger partial charge >= 0.3 is 5.97 Å². The van der Waals surface area contributed by atoms with Crippen LogP contribution in [0.3, 0.4) is 0 Å². The van der Waals surface area contributed by atoms with Gasteiger partial charge in [0.2, 0.25) is 0 Å². The van der Waals surface area contributed by atoms with Crippen LogP contribution in [0.4, 0.5) is 0 Å². The third-order valence-corrected chi connectivity index (χ3v) is 4.73. The number of thiocarbonyl (C=S) groups is 1.